The number of carbonyl (C=O) groups excluding carboxylic acids is 2. The molecule has 1 atom stereocenters. The molecule has 2 aromatic heterocycles. The molecule has 0 fully saturated rings. The van der Waals surface area contributed by atoms with Crippen LogP contribution in [0.5, 0.6) is 0 Å². The fourth-order valence-electron chi connectivity index (χ4n) is 5.61. The van der Waals surface area contributed by atoms with Gasteiger partial charge in [-0.2, -0.15) is 5.10 Å². The number of aromatic nitrogens is 4. The van der Waals surface area contributed by atoms with Crippen molar-refractivity contribution in [3.05, 3.63) is 133 Å². The van der Waals surface area contributed by atoms with Crippen molar-refractivity contribution in [2.45, 2.75) is 46.3 Å². The number of amides is 1. The minimum absolute atomic E-state index is 0.0932. The summed E-state index contributed by atoms with van der Waals surface area (Å²) in [6, 6.07) is 16.0. The number of nitrogens with one attached hydrogen (secondary N) is 1. The lowest BCUT2D eigenvalue weighted by molar-refractivity contribution is 0.0653. The quantitative estimate of drug-likeness (QED) is 0.206. The lowest BCUT2D eigenvalue weighted by Gasteiger charge is -2.34. The van der Waals surface area contributed by atoms with Gasteiger partial charge in [0.25, 0.3) is 11.5 Å². The fourth-order valence-corrected chi connectivity index (χ4v) is 5.86. The number of aryl methyl sites for hydroxylation is 1. The molecule has 1 N–H and O–H groups in total. The Kier molecular flexibility index (Phi) is 8.39. The number of halogens is 3. The summed E-state index contributed by atoms with van der Waals surface area (Å²) in [4.78, 5) is 46.3. The SMILES string of the molecule is CC(=O)c1ccc(-n2c(NCc3c(F)cccc3-n3cc(F)cn3)nc3c(c2=O)CC(C)N(C(=O)c2ccc(Br)c(C)c2)C3)cc1. The monoisotopic (exact) mass is 686 g/mol. The van der Waals surface area contributed by atoms with Crippen LogP contribution in [0, 0.1) is 18.6 Å². The number of Topliss-reactive ketones (excluding diaryl/α,β-unsaturated/α-hetero) is 1. The molecule has 0 bridgehead atoms. The zero-order valence-corrected chi connectivity index (χ0v) is 26.8. The zero-order valence-electron chi connectivity index (χ0n) is 25.2. The van der Waals surface area contributed by atoms with E-state index in [2.05, 4.69) is 26.3 Å². The zero-order chi connectivity index (χ0) is 32.7. The molecule has 1 aliphatic heterocycles. The smallest absolute Gasteiger partial charge is 0.263 e. The van der Waals surface area contributed by atoms with E-state index >= 15 is 4.39 Å². The van der Waals surface area contributed by atoms with Gasteiger partial charge in [-0.1, -0.05) is 22.0 Å². The fraction of sp³-hybridized carbons (Fsp3) is 0.206. The molecule has 0 saturated carbocycles. The standard InChI is InChI=1S/C34H29BrF2N6O3/c1-19-13-23(9-12-28(19)35)32(45)41-18-30-26(14-20(41)2)33(46)43(25-10-7-22(8-11-25)21(3)44)34(40-30)38-16-27-29(37)5-4-6-31(27)42-17-24(36)15-39-42/h4-13,15,17,20H,14,16,18H2,1-3H3,(H,38,40). The molecule has 0 saturated heterocycles. The van der Waals surface area contributed by atoms with E-state index in [9.17, 15) is 18.8 Å². The van der Waals surface area contributed by atoms with Crippen LogP contribution in [0.15, 0.2) is 82.3 Å². The maximum Gasteiger partial charge on any atom is 0.263 e. The summed E-state index contributed by atoms with van der Waals surface area (Å²) in [5, 5.41) is 7.09. The number of hydrogen-bond donors (Lipinski definition) is 1. The van der Waals surface area contributed by atoms with Gasteiger partial charge in [-0.15, -0.1) is 0 Å². The molecule has 6 rings (SSSR count). The maximum absolute atomic E-state index is 15.2. The molecule has 3 heterocycles. The van der Waals surface area contributed by atoms with Crippen LogP contribution in [0.3, 0.4) is 0 Å². The van der Waals surface area contributed by atoms with Crippen LogP contribution in [0.2, 0.25) is 0 Å². The highest BCUT2D eigenvalue weighted by atomic mass is 79.9. The van der Waals surface area contributed by atoms with Crippen LogP contribution in [0.1, 0.15) is 56.9 Å². The first kappa shape index (κ1) is 31.0. The molecule has 234 valence electrons. The highest BCUT2D eigenvalue weighted by Gasteiger charge is 2.32. The van der Waals surface area contributed by atoms with Crippen molar-refractivity contribution in [2.24, 2.45) is 0 Å². The molecular weight excluding hydrogens is 658 g/mol. The minimum atomic E-state index is -0.575. The summed E-state index contributed by atoms with van der Waals surface area (Å²) >= 11 is 3.47. The Balaban J connectivity index is 1.42. The average molecular weight is 688 g/mol. The molecule has 0 radical (unpaired) electrons. The molecule has 9 nitrogen and oxygen atoms in total. The van der Waals surface area contributed by atoms with Gasteiger partial charge in [0.1, 0.15) is 5.82 Å². The lowest BCUT2D eigenvalue weighted by Crippen LogP contribution is -2.46. The number of hydrogen-bond acceptors (Lipinski definition) is 6. The van der Waals surface area contributed by atoms with E-state index in [1.165, 1.54) is 28.3 Å². The van der Waals surface area contributed by atoms with Gasteiger partial charge in [-0.25, -0.2) is 23.0 Å². The van der Waals surface area contributed by atoms with Crippen molar-refractivity contribution in [1.82, 2.24) is 24.2 Å². The van der Waals surface area contributed by atoms with Gasteiger partial charge < -0.3 is 10.2 Å². The Morgan fingerprint density at radius 2 is 1.80 bits per heavy atom. The topological polar surface area (TPSA) is 102 Å². The Hall–Kier alpha value is -4.97. The number of ketones is 1. The summed E-state index contributed by atoms with van der Waals surface area (Å²) in [6.45, 7) is 5.22. The van der Waals surface area contributed by atoms with E-state index in [4.69, 9.17) is 4.98 Å². The molecule has 0 aliphatic carbocycles. The second-order valence-corrected chi connectivity index (χ2v) is 12.1. The van der Waals surface area contributed by atoms with Crippen molar-refractivity contribution in [3.63, 3.8) is 0 Å². The average Bonchev–Trinajstić information content (AvgIpc) is 3.47. The Labute approximate surface area is 271 Å². The third-order valence-corrected chi connectivity index (χ3v) is 9.02. The van der Waals surface area contributed by atoms with Crippen molar-refractivity contribution >= 4 is 33.6 Å². The van der Waals surface area contributed by atoms with E-state index < -0.39 is 11.6 Å². The van der Waals surface area contributed by atoms with E-state index in [-0.39, 0.29) is 54.3 Å². The van der Waals surface area contributed by atoms with Crippen LogP contribution in [0.4, 0.5) is 14.7 Å². The molecule has 0 spiro atoms. The van der Waals surface area contributed by atoms with Crippen molar-refractivity contribution < 1.29 is 18.4 Å². The van der Waals surface area contributed by atoms with Gasteiger partial charge in [-0.05, 0) is 87.4 Å². The summed E-state index contributed by atoms with van der Waals surface area (Å²) in [5.74, 6) is -1.33. The van der Waals surface area contributed by atoms with Crippen molar-refractivity contribution in [2.75, 3.05) is 5.32 Å². The van der Waals surface area contributed by atoms with Crippen LogP contribution in [0.25, 0.3) is 11.4 Å². The number of carbonyl (C=O) groups is 2. The summed E-state index contributed by atoms with van der Waals surface area (Å²) in [5.41, 5.74) is 3.40. The van der Waals surface area contributed by atoms with Crippen molar-refractivity contribution in [1.29, 1.82) is 0 Å². The molecular formula is C34H29BrF2N6O3. The summed E-state index contributed by atoms with van der Waals surface area (Å²) in [6.07, 6.45) is 2.44. The summed E-state index contributed by atoms with van der Waals surface area (Å²) < 4.78 is 32.5. The number of nitrogens with zero attached hydrogens (tertiary/aromatic N) is 5. The second-order valence-electron chi connectivity index (χ2n) is 11.2. The molecule has 46 heavy (non-hydrogen) atoms. The van der Waals surface area contributed by atoms with Crippen LogP contribution in [-0.2, 0) is 19.5 Å². The van der Waals surface area contributed by atoms with E-state index in [1.54, 1.807) is 41.3 Å². The van der Waals surface area contributed by atoms with E-state index in [0.29, 0.717) is 33.8 Å². The van der Waals surface area contributed by atoms with E-state index in [1.807, 2.05) is 26.0 Å². The third-order valence-electron chi connectivity index (χ3n) is 8.13. The summed E-state index contributed by atoms with van der Waals surface area (Å²) in [7, 11) is 0. The van der Waals surface area contributed by atoms with E-state index in [0.717, 1.165) is 22.4 Å². The molecule has 3 aromatic carbocycles. The molecule has 1 aliphatic rings. The van der Waals surface area contributed by atoms with Gasteiger partial charge in [0, 0.05) is 39.3 Å². The number of rotatable bonds is 7. The largest absolute Gasteiger partial charge is 0.351 e. The molecule has 1 unspecified atom stereocenters. The first-order valence-electron chi connectivity index (χ1n) is 14.6. The predicted octanol–water partition coefficient (Wildman–Crippen LogP) is 6.17. The van der Waals surface area contributed by atoms with Crippen LogP contribution < -0.4 is 10.9 Å². The highest BCUT2D eigenvalue weighted by Crippen LogP contribution is 2.27. The van der Waals surface area contributed by atoms with Gasteiger partial charge in [0.05, 0.1) is 36.0 Å². The van der Waals surface area contributed by atoms with Gasteiger partial charge in [-0.3, -0.25) is 14.4 Å². The highest BCUT2D eigenvalue weighted by molar-refractivity contribution is 9.10. The Morgan fingerprint density at radius 3 is 2.48 bits per heavy atom. The molecule has 1 amide bonds. The first-order valence-corrected chi connectivity index (χ1v) is 15.4. The van der Waals surface area contributed by atoms with Gasteiger partial charge in [0.2, 0.25) is 5.95 Å². The Bertz CT molecular complexity index is 2060. The third kappa shape index (κ3) is 5.87. The van der Waals surface area contributed by atoms with Gasteiger partial charge in [0.15, 0.2) is 11.6 Å². The van der Waals surface area contributed by atoms with Gasteiger partial charge >= 0.3 is 0 Å². The van der Waals surface area contributed by atoms with Crippen LogP contribution in [-0.4, -0.2) is 42.0 Å². The molecule has 12 heteroatoms. The first-order chi connectivity index (χ1) is 22.0. The normalized spacial score (nSPS) is 14.2. The number of benzene rings is 3. The van der Waals surface area contributed by atoms with Crippen LogP contribution >= 0.6 is 15.9 Å². The number of anilines is 1. The maximum atomic E-state index is 15.2. The van der Waals surface area contributed by atoms with Crippen molar-refractivity contribution in [3.8, 4) is 11.4 Å². The predicted molar refractivity (Wildman–Crippen MR) is 173 cm³/mol. The molecule has 5 aromatic rings. The number of fused-ring (bicyclic) bond motifs is 1. The minimum Gasteiger partial charge on any atom is -0.351 e. The Morgan fingerprint density at radius 1 is 1.07 bits per heavy atom. The lowest BCUT2D eigenvalue weighted by atomic mass is 9.98. The second kappa shape index (κ2) is 12.4.